The predicted molar refractivity (Wildman–Crippen MR) is 80.3 cm³/mol. The first-order chi connectivity index (χ1) is 8.90. The molecule has 0 saturated heterocycles. The second-order valence-electron chi connectivity index (χ2n) is 5.00. The van der Waals surface area contributed by atoms with Crippen molar-refractivity contribution in [3.8, 4) is 0 Å². The van der Waals surface area contributed by atoms with Crippen LogP contribution in [-0.2, 0) is 15.8 Å². The second-order valence-corrected chi connectivity index (χ2v) is 7.52. The van der Waals surface area contributed by atoms with Gasteiger partial charge in [-0.3, -0.25) is 0 Å². The van der Waals surface area contributed by atoms with E-state index in [-0.39, 0.29) is 10.7 Å². The minimum Gasteiger partial charge on any atom is -0.389 e. The van der Waals surface area contributed by atoms with Gasteiger partial charge in [0.2, 0.25) is 10.0 Å². The molecule has 2 rings (SSSR count). The van der Waals surface area contributed by atoms with Gasteiger partial charge in [-0.05, 0) is 24.3 Å². The Labute approximate surface area is 119 Å². The summed E-state index contributed by atoms with van der Waals surface area (Å²) in [5, 5.41) is 0. The van der Waals surface area contributed by atoms with Crippen LogP contribution in [0.15, 0.2) is 24.3 Å². The molecule has 0 spiro atoms. The number of sulfonamides is 1. The highest BCUT2D eigenvalue weighted by Gasteiger charge is 2.28. The molecule has 0 bridgehead atoms. The molecule has 0 aromatic heterocycles. The van der Waals surface area contributed by atoms with Crippen molar-refractivity contribution in [2.24, 2.45) is 11.7 Å². The van der Waals surface area contributed by atoms with E-state index in [0.29, 0.717) is 23.6 Å². The summed E-state index contributed by atoms with van der Waals surface area (Å²) >= 11 is 4.95. The van der Waals surface area contributed by atoms with Crippen molar-refractivity contribution < 1.29 is 8.42 Å². The molecule has 0 unspecified atom stereocenters. The van der Waals surface area contributed by atoms with Crippen LogP contribution in [0, 0.1) is 5.92 Å². The second kappa shape index (κ2) is 5.56. The summed E-state index contributed by atoms with van der Waals surface area (Å²) in [6.45, 7) is 0.609. The molecule has 1 aromatic carbocycles. The molecule has 0 aliphatic heterocycles. The normalized spacial score (nSPS) is 15.7. The van der Waals surface area contributed by atoms with E-state index in [2.05, 4.69) is 0 Å². The maximum atomic E-state index is 12.3. The zero-order chi connectivity index (χ0) is 14.0. The maximum Gasteiger partial charge on any atom is 0.218 e. The third kappa shape index (κ3) is 3.75. The SMILES string of the molecule is CN(CC1CC1)S(=O)(=O)Cc1ccccc1C(N)=S. The molecular weight excluding hydrogens is 280 g/mol. The Bertz CT molecular complexity index is 580. The van der Waals surface area contributed by atoms with Gasteiger partial charge in [-0.2, -0.15) is 0 Å². The van der Waals surface area contributed by atoms with Crippen LogP contribution < -0.4 is 5.73 Å². The molecule has 104 valence electrons. The largest absolute Gasteiger partial charge is 0.389 e. The summed E-state index contributed by atoms with van der Waals surface area (Å²) in [5.41, 5.74) is 6.93. The van der Waals surface area contributed by atoms with E-state index in [1.54, 1.807) is 31.3 Å². The monoisotopic (exact) mass is 298 g/mol. The van der Waals surface area contributed by atoms with Crippen molar-refractivity contribution in [3.05, 3.63) is 35.4 Å². The van der Waals surface area contributed by atoms with Crippen molar-refractivity contribution in [3.63, 3.8) is 0 Å². The molecule has 0 amide bonds. The Morgan fingerprint density at radius 3 is 2.63 bits per heavy atom. The van der Waals surface area contributed by atoms with Crippen LogP contribution >= 0.6 is 12.2 Å². The van der Waals surface area contributed by atoms with Gasteiger partial charge in [0.05, 0.1) is 5.75 Å². The quantitative estimate of drug-likeness (QED) is 0.808. The van der Waals surface area contributed by atoms with E-state index in [1.807, 2.05) is 0 Å². The van der Waals surface area contributed by atoms with Gasteiger partial charge >= 0.3 is 0 Å². The van der Waals surface area contributed by atoms with Gasteiger partial charge in [0.15, 0.2) is 0 Å². The third-order valence-electron chi connectivity index (χ3n) is 3.31. The fraction of sp³-hybridized carbons (Fsp3) is 0.462. The predicted octanol–water partition coefficient (Wildman–Crippen LogP) is 1.49. The Morgan fingerprint density at radius 2 is 2.05 bits per heavy atom. The first kappa shape index (κ1) is 14.4. The maximum absolute atomic E-state index is 12.3. The molecule has 0 radical (unpaired) electrons. The lowest BCUT2D eigenvalue weighted by Gasteiger charge is -2.18. The lowest BCUT2D eigenvalue weighted by Crippen LogP contribution is -2.30. The highest BCUT2D eigenvalue weighted by molar-refractivity contribution is 7.88. The lowest BCUT2D eigenvalue weighted by molar-refractivity contribution is 0.452. The minimum atomic E-state index is -3.31. The molecule has 1 fully saturated rings. The van der Waals surface area contributed by atoms with Crippen LogP contribution in [0.3, 0.4) is 0 Å². The number of nitrogens with two attached hydrogens (primary N) is 1. The van der Waals surface area contributed by atoms with Gasteiger partial charge in [-0.1, -0.05) is 36.5 Å². The standard InChI is InChI=1S/C13H18N2O2S2/c1-15(8-10-6-7-10)19(16,17)9-11-4-2-3-5-12(11)13(14)18/h2-5,10H,6-9H2,1H3,(H2,14,18). The fourth-order valence-electron chi connectivity index (χ4n) is 1.97. The molecule has 0 atom stereocenters. The zero-order valence-corrected chi connectivity index (χ0v) is 12.5. The summed E-state index contributed by atoms with van der Waals surface area (Å²) in [5.74, 6) is 0.481. The van der Waals surface area contributed by atoms with Crippen molar-refractivity contribution in [1.82, 2.24) is 4.31 Å². The summed E-state index contributed by atoms with van der Waals surface area (Å²) in [4.78, 5) is 0.232. The summed E-state index contributed by atoms with van der Waals surface area (Å²) < 4.78 is 26.0. The molecule has 6 heteroatoms. The first-order valence-electron chi connectivity index (χ1n) is 6.22. The van der Waals surface area contributed by atoms with Crippen molar-refractivity contribution in [2.45, 2.75) is 18.6 Å². The number of hydrogen-bond acceptors (Lipinski definition) is 3. The Balaban J connectivity index is 2.17. The number of thiocarbonyl (C=S) groups is 1. The first-order valence-corrected chi connectivity index (χ1v) is 8.23. The van der Waals surface area contributed by atoms with E-state index in [0.717, 1.165) is 12.8 Å². The third-order valence-corrected chi connectivity index (χ3v) is 5.30. The topological polar surface area (TPSA) is 63.4 Å². The molecule has 2 N–H and O–H groups in total. The van der Waals surface area contributed by atoms with Crippen LogP contribution in [-0.4, -0.2) is 31.3 Å². The average molecular weight is 298 g/mol. The van der Waals surface area contributed by atoms with Gasteiger partial charge < -0.3 is 5.73 Å². The summed E-state index contributed by atoms with van der Waals surface area (Å²) in [6.07, 6.45) is 2.26. The molecular formula is C13H18N2O2S2. The average Bonchev–Trinajstić information content (AvgIpc) is 3.12. The van der Waals surface area contributed by atoms with Gasteiger partial charge in [0.25, 0.3) is 0 Å². The Morgan fingerprint density at radius 1 is 1.42 bits per heavy atom. The molecule has 4 nitrogen and oxygen atoms in total. The fourth-order valence-corrected chi connectivity index (χ4v) is 3.47. The lowest BCUT2D eigenvalue weighted by atomic mass is 10.1. The van der Waals surface area contributed by atoms with E-state index in [9.17, 15) is 8.42 Å². The van der Waals surface area contributed by atoms with E-state index in [1.165, 1.54) is 4.31 Å². The van der Waals surface area contributed by atoms with Gasteiger partial charge in [-0.15, -0.1) is 0 Å². The molecule has 1 aliphatic rings. The summed E-state index contributed by atoms with van der Waals surface area (Å²) in [7, 11) is -1.67. The van der Waals surface area contributed by atoms with Crippen molar-refractivity contribution in [2.75, 3.05) is 13.6 Å². The van der Waals surface area contributed by atoms with Crippen molar-refractivity contribution in [1.29, 1.82) is 0 Å². The molecule has 19 heavy (non-hydrogen) atoms. The highest BCUT2D eigenvalue weighted by Crippen LogP contribution is 2.30. The van der Waals surface area contributed by atoms with Crippen LogP contribution in [0.2, 0.25) is 0 Å². The van der Waals surface area contributed by atoms with E-state index >= 15 is 0 Å². The highest BCUT2D eigenvalue weighted by atomic mass is 32.2. The Kier molecular flexibility index (Phi) is 4.23. The Hall–Kier alpha value is -0.980. The zero-order valence-electron chi connectivity index (χ0n) is 10.9. The molecule has 0 heterocycles. The molecule has 1 saturated carbocycles. The number of rotatable bonds is 6. The van der Waals surface area contributed by atoms with Gasteiger partial charge in [0, 0.05) is 19.2 Å². The van der Waals surface area contributed by atoms with Crippen LogP contribution in [0.1, 0.15) is 24.0 Å². The van der Waals surface area contributed by atoms with Crippen LogP contribution in [0.4, 0.5) is 0 Å². The van der Waals surface area contributed by atoms with Gasteiger partial charge in [-0.25, -0.2) is 12.7 Å². The summed E-state index contributed by atoms with van der Waals surface area (Å²) in [6, 6.07) is 7.12. The number of nitrogens with zero attached hydrogens (tertiary/aromatic N) is 1. The van der Waals surface area contributed by atoms with Crippen molar-refractivity contribution >= 4 is 27.2 Å². The van der Waals surface area contributed by atoms with E-state index < -0.39 is 10.0 Å². The number of hydrogen-bond donors (Lipinski definition) is 1. The van der Waals surface area contributed by atoms with Crippen LogP contribution in [0.5, 0.6) is 0 Å². The van der Waals surface area contributed by atoms with E-state index in [4.69, 9.17) is 18.0 Å². The smallest absolute Gasteiger partial charge is 0.218 e. The molecule has 1 aromatic rings. The number of benzene rings is 1. The minimum absolute atomic E-state index is 0.0519. The molecule has 1 aliphatic carbocycles. The van der Waals surface area contributed by atoms with Crippen LogP contribution in [0.25, 0.3) is 0 Å². The van der Waals surface area contributed by atoms with Gasteiger partial charge in [0.1, 0.15) is 4.99 Å².